The molecule has 0 aromatic heterocycles. The Morgan fingerprint density at radius 2 is 0.577 bits per heavy atom. The van der Waals surface area contributed by atoms with Crippen LogP contribution >= 0.6 is 25.3 Å². The fraction of sp³-hybridized carbons (Fsp3) is 1.00. The summed E-state index contributed by atoms with van der Waals surface area (Å²) in [5.74, 6) is 1.38. The van der Waals surface area contributed by atoms with Gasteiger partial charge in [0.15, 0.2) is 0 Å². The molecule has 5 aliphatic heterocycles. The molecule has 20 atom stereocenters. The van der Waals surface area contributed by atoms with Gasteiger partial charge in [-0.3, -0.25) is 42.5 Å². The van der Waals surface area contributed by atoms with Gasteiger partial charge >= 0.3 is 0 Å². The van der Waals surface area contributed by atoms with Crippen LogP contribution in [0.2, 0.25) is 0 Å². The van der Waals surface area contributed by atoms with E-state index in [1.807, 2.05) is 0 Å². The summed E-state index contributed by atoms with van der Waals surface area (Å²) < 4.78 is 26.9. The van der Waals surface area contributed by atoms with Crippen LogP contribution in [0.3, 0.4) is 0 Å². The Hall–Kier alpha value is 0.220. The summed E-state index contributed by atoms with van der Waals surface area (Å²) in [6, 6.07) is 0. The lowest BCUT2D eigenvalue weighted by atomic mass is 9.74. The van der Waals surface area contributed by atoms with E-state index in [-0.39, 0.29) is 144 Å². The van der Waals surface area contributed by atoms with Crippen LogP contribution in [0.25, 0.3) is 0 Å². The van der Waals surface area contributed by atoms with Crippen molar-refractivity contribution >= 4 is 25.3 Å². The van der Waals surface area contributed by atoms with E-state index in [9.17, 15) is 0 Å². The predicted molar refractivity (Wildman–Crippen MR) is 212 cm³/mol. The van der Waals surface area contributed by atoms with Crippen LogP contribution in [0.4, 0.5) is 0 Å². The Balaban J connectivity index is 1.24. The topological polar surface area (TPSA) is 133 Å². The zero-order valence-electron chi connectivity index (χ0n) is 33.2. The standard InChI is InChI=1S/C38H72N8O4S2/c1-15(2)47-21-11-12-22(48-16(3)4)26-25(21)33-39-31-19(9)29(51)37(41-31)45-35-27-23(49-17(5)6)13-14-24(50-18(7)8)28(27)36(44-35)46-38-30(52)20(10)32(42-38)40-34(26)43-33/h15-46,51-52H,11-14H2,1-10H3. The minimum Gasteiger partial charge on any atom is -0.375 e. The molecule has 0 aromatic carbocycles. The minimum atomic E-state index is -0.0180. The summed E-state index contributed by atoms with van der Waals surface area (Å²) in [7, 11) is 0. The molecule has 7 fully saturated rings. The third-order valence-corrected chi connectivity index (χ3v) is 14.6. The van der Waals surface area contributed by atoms with Crippen molar-refractivity contribution in [2.24, 2.45) is 35.5 Å². The van der Waals surface area contributed by atoms with Crippen molar-refractivity contribution in [3.8, 4) is 0 Å². The summed E-state index contributed by atoms with van der Waals surface area (Å²) in [5.41, 5.74) is 0. The molecule has 300 valence electrons. The minimum absolute atomic E-state index is 0.00333. The van der Waals surface area contributed by atoms with Crippen molar-refractivity contribution in [2.45, 2.75) is 204 Å². The van der Waals surface area contributed by atoms with Crippen molar-refractivity contribution in [3.63, 3.8) is 0 Å². The molecule has 7 aliphatic rings. The monoisotopic (exact) mass is 769 g/mol. The molecule has 2 aliphatic carbocycles. The molecule has 20 unspecified atom stereocenters. The summed E-state index contributed by atoms with van der Waals surface area (Å²) in [4.78, 5) is 0. The first-order valence-electron chi connectivity index (χ1n) is 20.8. The van der Waals surface area contributed by atoms with Gasteiger partial charge in [-0.25, -0.2) is 0 Å². The van der Waals surface area contributed by atoms with Gasteiger partial charge in [-0.15, -0.1) is 0 Å². The second kappa shape index (κ2) is 16.6. The molecule has 0 aromatic rings. The van der Waals surface area contributed by atoms with E-state index in [1.165, 1.54) is 0 Å². The van der Waals surface area contributed by atoms with E-state index in [0.717, 1.165) is 25.7 Å². The number of hydrogen-bond acceptors (Lipinski definition) is 14. The van der Waals surface area contributed by atoms with Crippen LogP contribution < -0.4 is 42.5 Å². The molecule has 0 spiro atoms. The molecule has 8 N–H and O–H groups in total. The Labute approximate surface area is 324 Å². The van der Waals surface area contributed by atoms with E-state index >= 15 is 0 Å². The molecular weight excluding hydrogens is 697 g/mol. The van der Waals surface area contributed by atoms with E-state index in [1.54, 1.807) is 0 Å². The molecule has 12 nitrogen and oxygen atoms in total. The van der Waals surface area contributed by atoms with Gasteiger partial charge in [0, 0.05) is 34.2 Å². The first-order valence-corrected chi connectivity index (χ1v) is 21.8. The van der Waals surface area contributed by atoms with Crippen molar-refractivity contribution in [1.82, 2.24) is 42.5 Å². The van der Waals surface area contributed by atoms with Gasteiger partial charge in [0.25, 0.3) is 0 Å². The van der Waals surface area contributed by atoms with Crippen molar-refractivity contribution in [3.05, 3.63) is 0 Å². The summed E-state index contributed by atoms with van der Waals surface area (Å²) in [6.45, 7) is 21.9. The van der Waals surface area contributed by atoms with Crippen LogP contribution in [0.15, 0.2) is 0 Å². The lowest BCUT2D eigenvalue weighted by molar-refractivity contribution is -0.128. The Morgan fingerprint density at radius 3 is 0.827 bits per heavy atom. The first kappa shape index (κ1) is 40.4. The Bertz CT molecular complexity index is 1020. The average Bonchev–Trinajstić information content (AvgIpc) is 3.75. The lowest BCUT2D eigenvalue weighted by Gasteiger charge is -2.44. The molecule has 5 heterocycles. The van der Waals surface area contributed by atoms with Gasteiger partial charge in [0.2, 0.25) is 0 Å². The van der Waals surface area contributed by atoms with Crippen LogP contribution in [-0.4, -0.2) is 109 Å². The number of thiol groups is 2. The van der Waals surface area contributed by atoms with Crippen LogP contribution in [0.5, 0.6) is 0 Å². The molecule has 0 radical (unpaired) electrons. The maximum Gasteiger partial charge on any atom is 0.0719 e. The van der Waals surface area contributed by atoms with Gasteiger partial charge in [-0.2, -0.15) is 25.3 Å². The van der Waals surface area contributed by atoms with E-state index < -0.39 is 0 Å². The zero-order chi connectivity index (χ0) is 37.2. The summed E-state index contributed by atoms with van der Waals surface area (Å²) >= 11 is 10.6. The Kier molecular flexibility index (Phi) is 12.9. The van der Waals surface area contributed by atoms with Crippen molar-refractivity contribution in [2.75, 3.05) is 0 Å². The third kappa shape index (κ3) is 8.14. The van der Waals surface area contributed by atoms with Gasteiger partial charge in [-0.1, -0.05) is 13.8 Å². The fourth-order valence-corrected chi connectivity index (χ4v) is 11.7. The number of hydrogen-bond donors (Lipinski definition) is 10. The highest BCUT2D eigenvalue weighted by Crippen LogP contribution is 2.45. The maximum absolute atomic E-state index is 6.73. The molecule has 7 rings (SSSR count). The van der Waals surface area contributed by atoms with Crippen molar-refractivity contribution < 1.29 is 18.9 Å². The number of rotatable bonds is 8. The van der Waals surface area contributed by atoms with Crippen molar-refractivity contribution in [1.29, 1.82) is 0 Å². The number of ether oxygens (including phenoxy) is 4. The fourth-order valence-electron chi connectivity index (χ4n) is 11.0. The van der Waals surface area contributed by atoms with E-state index in [2.05, 4.69) is 112 Å². The normalized spacial score (nSPS) is 50.8. The van der Waals surface area contributed by atoms with Gasteiger partial charge in [0.05, 0.1) is 98.2 Å². The molecule has 2 saturated carbocycles. The zero-order valence-corrected chi connectivity index (χ0v) is 35.0. The average molecular weight is 769 g/mol. The maximum atomic E-state index is 6.73. The number of fused-ring (bicyclic) bond motifs is 14. The molecule has 0 amide bonds. The first-order chi connectivity index (χ1) is 24.7. The largest absolute Gasteiger partial charge is 0.375 e. The third-order valence-electron chi connectivity index (χ3n) is 13.1. The van der Waals surface area contributed by atoms with Gasteiger partial charge in [-0.05, 0) is 92.9 Å². The van der Waals surface area contributed by atoms with E-state index in [0.29, 0.717) is 0 Å². The van der Waals surface area contributed by atoms with Gasteiger partial charge < -0.3 is 18.9 Å². The SMILES string of the molecule is CC(C)OC1CCC(OC(C)C)C2C3NC4NC(NC5NC(NC6NC(NC(N3)C12)C(C)C6S)C1C(OC(C)C)CCC(OC(C)C)C51)C(S)C4C. The van der Waals surface area contributed by atoms with Crippen LogP contribution in [0, 0.1) is 35.5 Å². The lowest BCUT2D eigenvalue weighted by Crippen LogP contribution is -2.62. The highest BCUT2D eigenvalue weighted by atomic mass is 32.1. The quantitative estimate of drug-likeness (QED) is 0.167. The molecule has 8 bridgehead atoms. The molecule has 52 heavy (non-hydrogen) atoms. The molecule has 14 heteroatoms. The van der Waals surface area contributed by atoms with Crippen LogP contribution in [0.1, 0.15) is 94.9 Å². The highest BCUT2D eigenvalue weighted by molar-refractivity contribution is 7.81. The van der Waals surface area contributed by atoms with E-state index in [4.69, 9.17) is 44.2 Å². The summed E-state index contributed by atoms with van der Waals surface area (Å²) in [5, 5.41) is 32.6. The smallest absolute Gasteiger partial charge is 0.0719 e. The summed E-state index contributed by atoms with van der Waals surface area (Å²) in [6.07, 6.45) is 5.05. The predicted octanol–water partition coefficient (Wildman–Crippen LogP) is 2.48. The highest BCUT2D eigenvalue weighted by Gasteiger charge is 2.59. The molecule has 5 saturated heterocycles. The second-order valence-electron chi connectivity index (χ2n) is 18.2. The Morgan fingerprint density at radius 1 is 0.365 bits per heavy atom. The second-order valence-corrected chi connectivity index (χ2v) is 19.4. The number of nitrogens with one attached hydrogen (secondary N) is 8. The van der Waals surface area contributed by atoms with Crippen LogP contribution in [-0.2, 0) is 18.9 Å². The van der Waals surface area contributed by atoms with Gasteiger partial charge in [0.1, 0.15) is 0 Å². The molecular formula is C38H72N8O4S2.